The van der Waals surface area contributed by atoms with Gasteiger partial charge in [-0.1, -0.05) is 19.1 Å². The molecular weight excluding hydrogens is 298 g/mol. The molecule has 0 aliphatic heterocycles. The van der Waals surface area contributed by atoms with Gasteiger partial charge in [-0.2, -0.15) is 0 Å². The molecule has 4 nitrogen and oxygen atoms in total. The first-order valence-electron chi connectivity index (χ1n) is 8.08. The van der Waals surface area contributed by atoms with Crippen LogP contribution in [0.5, 0.6) is 11.6 Å². The van der Waals surface area contributed by atoms with Crippen LogP contribution in [-0.4, -0.2) is 17.0 Å². The van der Waals surface area contributed by atoms with Gasteiger partial charge in [0.05, 0.1) is 0 Å². The van der Waals surface area contributed by atoms with E-state index < -0.39 is 0 Å². The van der Waals surface area contributed by atoms with Gasteiger partial charge in [-0.15, -0.1) is 0 Å². The van der Waals surface area contributed by atoms with Crippen molar-refractivity contribution in [3.8, 4) is 22.8 Å². The molecule has 0 saturated heterocycles. The maximum Gasteiger partial charge on any atom is 0.227 e. The summed E-state index contributed by atoms with van der Waals surface area (Å²) in [7, 11) is 1.85. The quantitative estimate of drug-likeness (QED) is 0.730. The number of hydrogen-bond acceptors (Lipinski definition) is 4. The molecule has 24 heavy (non-hydrogen) atoms. The minimum Gasteiger partial charge on any atom is -0.438 e. The summed E-state index contributed by atoms with van der Waals surface area (Å²) in [6, 6.07) is 14.1. The van der Waals surface area contributed by atoms with Crippen molar-refractivity contribution >= 4 is 5.82 Å². The van der Waals surface area contributed by atoms with Crippen LogP contribution >= 0.6 is 0 Å². The molecule has 3 aromatic rings. The molecule has 0 aliphatic rings. The fourth-order valence-electron chi connectivity index (χ4n) is 2.58. The summed E-state index contributed by atoms with van der Waals surface area (Å²) in [5.41, 5.74) is 4.30. The molecule has 122 valence electrons. The minimum absolute atomic E-state index is 0.603. The lowest BCUT2D eigenvalue weighted by Gasteiger charge is -2.13. The number of aromatic nitrogens is 2. The molecule has 0 amide bonds. The first-order valence-corrected chi connectivity index (χ1v) is 8.08. The van der Waals surface area contributed by atoms with Gasteiger partial charge in [-0.25, -0.2) is 9.97 Å². The number of hydrogen-bond donors (Lipinski definition) is 1. The second-order valence-electron chi connectivity index (χ2n) is 5.60. The van der Waals surface area contributed by atoms with Crippen LogP contribution in [0.25, 0.3) is 11.1 Å². The van der Waals surface area contributed by atoms with Gasteiger partial charge in [0, 0.05) is 25.0 Å². The van der Waals surface area contributed by atoms with Crippen LogP contribution in [-0.2, 0) is 6.42 Å². The molecule has 2 aromatic heterocycles. The van der Waals surface area contributed by atoms with Gasteiger partial charge in [0.15, 0.2) is 0 Å². The van der Waals surface area contributed by atoms with E-state index in [0.29, 0.717) is 5.88 Å². The summed E-state index contributed by atoms with van der Waals surface area (Å²) in [6.07, 6.45) is 4.44. The third kappa shape index (κ3) is 3.38. The maximum absolute atomic E-state index is 6.19. The lowest BCUT2D eigenvalue weighted by Crippen LogP contribution is -1.96. The van der Waals surface area contributed by atoms with E-state index in [9.17, 15) is 0 Å². The van der Waals surface area contributed by atoms with Crippen LogP contribution in [0.3, 0.4) is 0 Å². The third-order valence-corrected chi connectivity index (χ3v) is 3.91. The Balaban J connectivity index is 2.02. The highest BCUT2D eigenvalue weighted by Crippen LogP contribution is 2.33. The molecule has 1 N–H and O–H groups in total. The number of nitrogens with one attached hydrogen (secondary N) is 1. The van der Waals surface area contributed by atoms with Crippen molar-refractivity contribution in [2.75, 3.05) is 12.4 Å². The fourth-order valence-corrected chi connectivity index (χ4v) is 2.58. The Morgan fingerprint density at radius 3 is 2.71 bits per heavy atom. The lowest BCUT2D eigenvalue weighted by molar-refractivity contribution is 0.459. The van der Waals surface area contributed by atoms with Crippen molar-refractivity contribution in [3.63, 3.8) is 0 Å². The minimum atomic E-state index is 0.603. The number of benzene rings is 1. The molecule has 0 bridgehead atoms. The molecule has 0 atom stereocenters. The SMILES string of the molecule is CCc1ccc(C)cc1Oc1ncccc1-c1ccnc(NC)c1. The van der Waals surface area contributed by atoms with Crippen LogP contribution in [0.1, 0.15) is 18.1 Å². The second kappa shape index (κ2) is 7.13. The second-order valence-corrected chi connectivity index (χ2v) is 5.60. The van der Waals surface area contributed by atoms with E-state index in [1.54, 1.807) is 12.4 Å². The predicted molar refractivity (Wildman–Crippen MR) is 97.6 cm³/mol. The number of rotatable bonds is 5. The fraction of sp³-hybridized carbons (Fsp3) is 0.200. The normalized spacial score (nSPS) is 10.5. The molecule has 4 heteroatoms. The van der Waals surface area contributed by atoms with Crippen molar-refractivity contribution in [2.24, 2.45) is 0 Å². The molecule has 3 rings (SSSR count). The van der Waals surface area contributed by atoms with E-state index in [1.165, 1.54) is 11.1 Å². The average molecular weight is 319 g/mol. The molecular formula is C20H21N3O. The predicted octanol–water partition coefficient (Wildman–Crippen LogP) is 4.85. The maximum atomic E-state index is 6.19. The van der Waals surface area contributed by atoms with Gasteiger partial charge in [0.25, 0.3) is 0 Å². The van der Waals surface area contributed by atoms with Crippen molar-refractivity contribution < 1.29 is 4.74 Å². The molecule has 0 spiro atoms. The highest BCUT2D eigenvalue weighted by molar-refractivity contribution is 5.71. The third-order valence-electron chi connectivity index (χ3n) is 3.91. The topological polar surface area (TPSA) is 47.0 Å². The summed E-state index contributed by atoms with van der Waals surface area (Å²) in [5, 5.41) is 3.06. The summed E-state index contributed by atoms with van der Waals surface area (Å²) in [4.78, 5) is 8.71. The monoisotopic (exact) mass is 319 g/mol. The highest BCUT2D eigenvalue weighted by atomic mass is 16.5. The molecule has 1 aromatic carbocycles. The van der Waals surface area contributed by atoms with Crippen LogP contribution in [0.4, 0.5) is 5.82 Å². The highest BCUT2D eigenvalue weighted by Gasteiger charge is 2.11. The molecule has 0 saturated carbocycles. The van der Waals surface area contributed by atoms with Gasteiger partial charge < -0.3 is 10.1 Å². The standard InChI is InChI=1S/C20H21N3O/c1-4-15-8-7-14(2)12-18(15)24-20-17(6-5-10-23-20)16-9-11-22-19(13-16)21-3/h5-13H,4H2,1-3H3,(H,21,22). The van der Waals surface area contributed by atoms with Crippen molar-refractivity contribution in [3.05, 3.63) is 66.0 Å². The van der Waals surface area contributed by atoms with Crippen molar-refractivity contribution in [1.82, 2.24) is 9.97 Å². The summed E-state index contributed by atoms with van der Waals surface area (Å²) < 4.78 is 6.19. The van der Waals surface area contributed by atoms with Gasteiger partial charge in [-0.05, 0) is 60.4 Å². The molecule has 0 fully saturated rings. The van der Waals surface area contributed by atoms with Crippen molar-refractivity contribution in [2.45, 2.75) is 20.3 Å². The van der Waals surface area contributed by atoms with E-state index in [4.69, 9.17) is 4.74 Å². The Morgan fingerprint density at radius 1 is 1.04 bits per heavy atom. The number of aryl methyl sites for hydroxylation is 2. The van der Waals surface area contributed by atoms with Gasteiger partial charge >= 0.3 is 0 Å². The van der Waals surface area contributed by atoms with Gasteiger partial charge in [0.2, 0.25) is 5.88 Å². The Hall–Kier alpha value is -2.88. The Kier molecular flexibility index (Phi) is 4.75. The van der Waals surface area contributed by atoms with E-state index in [-0.39, 0.29) is 0 Å². The largest absolute Gasteiger partial charge is 0.438 e. The molecule has 2 heterocycles. The zero-order valence-corrected chi connectivity index (χ0v) is 14.2. The summed E-state index contributed by atoms with van der Waals surface area (Å²) >= 11 is 0. The van der Waals surface area contributed by atoms with E-state index >= 15 is 0 Å². The summed E-state index contributed by atoms with van der Waals surface area (Å²) in [5.74, 6) is 2.28. The van der Waals surface area contributed by atoms with Crippen LogP contribution in [0, 0.1) is 6.92 Å². The Bertz CT molecular complexity index is 846. The van der Waals surface area contributed by atoms with Crippen LogP contribution < -0.4 is 10.1 Å². The van der Waals surface area contributed by atoms with Crippen molar-refractivity contribution in [1.29, 1.82) is 0 Å². The summed E-state index contributed by atoms with van der Waals surface area (Å²) in [6.45, 7) is 4.19. The van der Waals surface area contributed by atoms with E-state index in [0.717, 1.165) is 29.1 Å². The average Bonchev–Trinajstić information content (AvgIpc) is 2.62. The Labute approximate surface area is 142 Å². The molecule has 0 aliphatic carbocycles. The lowest BCUT2D eigenvalue weighted by atomic mass is 10.1. The molecule has 0 unspecified atom stereocenters. The van der Waals surface area contributed by atoms with Gasteiger partial charge in [-0.3, -0.25) is 0 Å². The smallest absolute Gasteiger partial charge is 0.227 e. The van der Waals surface area contributed by atoms with E-state index in [1.807, 2.05) is 31.3 Å². The number of anilines is 1. The number of ether oxygens (including phenoxy) is 1. The molecule has 0 radical (unpaired) electrons. The number of nitrogens with zero attached hydrogens (tertiary/aromatic N) is 2. The van der Waals surface area contributed by atoms with E-state index in [2.05, 4.69) is 47.3 Å². The zero-order chi connectivity index (χ0) is 16.9. The van der Waals surface area contributed by atoms with Gasteiger partial charge in [0.1, 0.15) is 11.6 Å². The van der Waals surface area contributed by atoms with Crippen LogP contribution in [0.2, 0.25) is 0 Å². The Morgan fingerprint density at radius 2 is 1.92 bits per heavy atom. The number of pyridine rings is 2. The first kappa shape index (κ1) is 16.0. The first-order chi connectivity index (χ1) is 11.7. The van der Waals surface area contributed by atoms with Crippen LogP contribution in [0.15, 0.2) is 54.9 Å². The zero-order valence-electron chi connectivity index (χ0n) is 14.2.